The zero-order valence-corrected chi connectivity index (χ0v) is 12.2. The van der Waals surface area contributed by atoms with Crippen molar-refractivity contribution in [3.05, 3.63) is 29.8 Å². The van der Waals surface area contributed by atoms with Crippen LogP contribution in [0.25, 0.3) is 0 Å². The first-order valence-corrected chi connectivity index (χ1v) is 7.40. The van der Waals surface area contributed by atoms with Crippen molar-refractivity contribution in [1.29, 1.82) is 0 Å². The molecule has 0 aliphatic carbocycles. The fourth-order valence-corrected chi connectivity index (χ4v) is 2.69. The number of benzene rings is 1. The Hall–Kier alpha value is -1.06. The molecule has 3 heteroatoms. The summed E-state index contributed by atoms with van der Waals surface area (Å²) in [6.45, 7) is 6.35. The number of fused-ring (bicyclic) bond motifs is 1. The number of methoxy groups -OCH3 is 1. The van der Waals surface area contributed by atoms with Crippen molar-refractivity contribution >= 4 is 5.69 Å². The Morgan fingerprint density at radius 1 is 1.32 bits per heavy atom. The van der Waals surface area contributed by atoms with Gasteiger partial charge in [0.15, 0.2) is 0 Å². The van der Waals surface area contributed by atoms with Crippen molar-refractivity contribution in [2.45, 2.75) is 38.8 Å². The highest BCUT2D eigenvalue weighted by Crippen LogP contribution is 2.24. The number of anilines is 1. The SMILES string of the molecule is CCC1CN(CCCCOC)c2ccccc2CN1. The number of ether oxygens (including phenoxy) is 1. The van der Waals surface area contributed by atoms with E-state index in [9.17, 15) is 0 Å². The summed E-state index contributed by atoms with van der Waals surface area (Å²) in [5.41, 5.74) is 2.83. The van der Waals surface area contributed by atoms with Gasteiger partial charge in [0, 0.05) is 45.1 Å². The van der Waals surface area contributed by atoms with Gasteiger partial charge in [-0.25, -0.2) is 0 Å². The van der Waals surface area contributed by atoms with Gasteiger partial charge >= 0.3 is 0 Å². The molecule has 1 N–H and O–H groups in total. The molecular formula is C16H26N2O. The number of rotatable bonds is 6. The zero-order valence-electron chi connectivity index (χ0n) is 12.2. The molecule has 0 radical (unpaired) electrons. The third-order valence-corrected chi connectivity index (χ3v) is 3.87. The van der Waals surface area contributed by atoms with Crippen LogP contribution in [0.2, 0.25) is 0 Å². The predicted octanol–water partition coefficient (Wildman–Crippen LogP) is 2.80. The van der Waals surface area contributed by atoms with E-state index in [2.05, 4.69) is 41.4 Å². The molecule has 0 saturated heterocycles. The minimum absolute atomic E-state index is 0.592. The van der Waals surface area contributed by atoms with Gasteiger partial charge in [0.05, 0.1) is 0 Å². The van der Waals surface area contributed by atoms with Crippen LogP contribution in [-0.2, 0) is 11.3 Å². The number of unbranched alkanes of at least 4 members (excludes halogenated alkanes) is 1. The maximum absolute atomic E-state index is 5.14. The average molecular weight is 262 g/mol. The molecule has 19 heavy (non-hydrogen) atoms. The molecule has 0 bridgehead atoms. The Kier molecular flexibility index (Phi) is 5.67. The number of hydrogen-bond acceptors (Lipinski definition) is 3. The van der Waals surface area contributed by atoms with Gasteiger partial charge in [-0.15, -0.1) is 0 Å². The molecule has 1 heterocycles. The Bertz CT molecular complexity index is 381. The van der Waals surface area contributed by atoms with E-state index in [1.165, 1.54) is 24.1 Å². The van der Waals surface area contributed by atoms with Crippen molar-refractivity contribution in [1.82, 2.24) is 5.32 Å². The van der Waals surface area contributed by atoms with Gasteiger partial charge in [-0.1, -0.05) is 25.1 Å². The van der Waals surface area contributed by atoms with Gasteiger partial charge in [-0.2, -0.15) is 0 Å². The van der Waals surface area contributed by atoms with E-state index in [4.69, 9.17) is 4.74 Å². The van der Waals surface area contributed by atoms with Crippen molar-refractivity contribution < 1.29 is 4.74 Å². The van der Waals surface area contributed by atoms with Crippen LogP contribution < -0.4 is 10.2 Å². The molecule has 1 atom stereocenters. The second kappa shape index (κ2) is 7.51. The minimum Gasteiger partial charge on any atom is -0.385 e. The quantitative estimate of drug-likeness (QED) is 0.798. The van der Waals surface area contributed by atoms with Crippen molar-refractivity contribution in [3.63, 3.8) is 0 Å². The third-order valence-electron chi connectivity index (χ3n) is 3.87. The van der Waals surface area contributed by atoms with Gasteiger partial charge < -0.3 is 15.0 Å². The van der Waals surface area contributed by atoms with Crippen LogP contribution >= 0.6 is 0 Å². The Morgan fingerprint density at radius 2 is 2.16 bits per heavy atom. The summed E-state index contributed by atoms with van der Waals surface area (Å²) in [5.74, 6) is 0. The maximum Gasteiger partial charge on any atom is 0.0462 e. The highest BCUT2D eigenvalue weighted by atomic mass is 16.5. The largest absolute Gasteiger partial charge is 0.385 e. The number of hydrogen-bond donors (Lipinski definition) is 1. The van der Waals surface area contributed by atoms with Gasteiger partial charge in [0.1, 0.15) is 0 Å². The molecule has 1 unspecified atom stereocenters. The summed E-state index contributed by atoms with van der Waals surface area (Å²) < 4.78 is 5.14. The maximum atomic E-state index is 5.14. The summed E-state index contributed by atoms with van der Waals surface area (Å²) in [4.78, 5) is 2.54. The molecule has 1 aromatic carbocycles. The van der Waals surface area contributed by atoms with Crippen LogP contribution in [0.3, 0.4) is 0 Å². The molecule has 1 aromatic rings. The molecular weight excluding hydrogens is 236 g/mol. The first kappa shape index (κ1) is 14.4. The Balaban J connectivity index is 2.04. The molecule has 0 fully saturated rings. The second-order valence-corrected chi connectivity index (χ2v) is 5.26. The van der Waals surface area contributed by atoms with Crippen molar-refractivity contribution in [2.24, 2.45) is 0 Å². The van der Waals surface area contributed by atoms with Crippen LogP contribution in [0.5, 0.6) is 0 Å². The first-order chi connectivity index (χ1) is 9.35. The summed E-state index contributed by atoms with van der Waals surface area (Å²) in [6.07, 6.45) is 3.51. The Labute approximate surface area is 116 Å². The van der Waals surface area contributed by atoms with E-state index < -0.39 is 0 Å². The molecule has 106 valence electrons. The average Bonchev–Trinajstić information content (AvgIpc) is 2.63. The Morgan fingerprint density at radius 3 is 2.95 bits per heavy atom. The lowest BCUT2D eigenvalue weighted by Crippen LogP contribution is -2.38. The van der Waals surface area contributed by atoms with Gasteiger partial charge in [-0.3, -0.25) is 0 Å². The fourth-order valence-electron chi connectivity index (χ4n) is 2.69. The first-order valence-electron chi connectivity index (χ1n) is 7.40. The van der Waals surface area contributed by atoms with E-state index in [-0.39, 0.29) is 0 Å². The second-order valence-electron chi connectivity index (χ2n) is 5.26. The third kappa shape index (κ3) is 3.95. The normalized spacial score (nSPS) is 19.1. The number of para-hydroxylation sites is 1. The topological polar surface area (TPSA) is 24.5 Å². The van der Waals surface area contributed by atoms with Crippen LogP contribution in [0.4, 0.5) is 5.69 Å². The lowest BCUT2D eigenvalue weighted by atomic mass is 10.1. The van der Waals surface area contributed by atoms with Crippen molar-refractivity contribution in [3.8, 4) is 0 Å². The monoisotopic (exact) mass is 262 g/mol. The summed E-state index contributed by atoms with van der Waals surface area (Å²) in [7, 11) is 1.78. The summed E-state index contributed by atoms with van der Waals surface area (Å²) >= 11 is 0. The van der Waals surface area contributed by atoms with E-state index >= 15 is 0 Å². The van der Waals surface area contributed by atoms with Gasteiger partial charge in [0.25, 0.3) is 0 Å². The van der Waals surface area contributed by atoms with E-state index in [1.54, 1.807) is 7.11 Å². The van der Waals surface area contributed by atoms with Gasteiger partial charge in [-0.05, 0) is 30.9 Å². The van der Waals surface area contributed by atoms with E-state index in [0.717, 1.165) is 32.7 Å². The minimum atomic E-state index is 0.592. The summed E-state index contributed by atoms with van der Waals surface area (Å²) in [6, 6.07) is 9.37. The molecule has 1 aliphatic rings. The molecule has 0 saturated carbocycles. The highest BCUT2D eigenvalue weighted by molar-refractivity contribution is 5.54. The molecule has 3 nitrogen and oxygen atoms in total. The molecule has 0 aromatic heterocycles. The van der Waals surface area contributed by atoms with Crippen LogP contribution in [-0.4, -0.2) is 32.8 Å². The standard InChI is InChI=1S/C16H26N2O/c1-3-15-13-18(10-6-7-11-19-2)16-9-5-4-8-14(16)12-17-15/h4-5,8-9,15,17H,3,6-7,10-13H2,1-2H3. The summed E-state index contributed by atoms with van der Waals surface area (Å²) in [5, 5.41) is 3.65. The van der Waals surface area contributed by atoms with Crippen LogP contribution in [0, 0.1) is 0 Å². The van der Waals surface area contributed by atoms with Crippen molar-refractivity contribution in [2.75, 3.05) is 31.7 Å². The van der Waals surface area contributed by atoms with E-state index in [1.807, 2.05) is 0 Å². The lowest BCUT2D eigenvalue weighted by molar-refractivity contribution is 0.193. The lowest BCUT2D eigenvalue weighted by Gasteiger charge is -2.27. The fraction of sp³-hybridized carbons (Fsp3) is 0.625. The highest BCUT2D eigenvalue weighted by Gasteiger charge is 2.19. The molecule has 1 aliphatic heterocycles. The predicted molar refractivity (Wildman–Crippen MR) is 80.7 cm³/mol. The van der Waals surface area contributed by atoms with Gasteiger partial charge in [0.2, 0.25) is 0 Å². The number of nitrogens with zero attached hydrogens (tertiary/aromatic N) is 1. The zero-order chi connectivity index (χ0) is 13.5. The molecule has 0 spiro atoms. The van der Waals surface area contributed by atoms with Crippen LogP contribution in [0.15, 0.2) is 24.3 Å². The van der Waals surface area contributed by atoms with E-state index in [0.29, 0.717) is 6.04 Å². The van der Waals surface area contributed by atoms with Crippen LogP contribution in [0.1, 0.15) is 31.7 Å². The smallest absolute Gasteiger partial charge is 0.0462 e. The molecule has 0 amide bonds. The molecule has 2 rings (SSSR count). The number of nitrogens with one attached hydrogen (secondary N) is 1.